The second-order valence-corrected chi connectivity index (χ2v) is 2.74. The van der Waals surface area contributed by atoms with Gasteiger partial charge in [0, 0.05) is 13.2 Å². The van der Waals surface area contributed by atoms with Gasteiger partial charge in [0.05, 0.1) is 6.61 Å². The molecule has 1 heterocycles. The van der Waals surface area contributed by atoms with Crippen LogP contribution >= 0.6 is 0 Å². The van der Waals surface area contributed by atoms with Crippen molar-refractivity contribution in [2.75, 3.05) is 18.6 Å². The Hall–Kier alpha value is -1.33. The number of H-pyrrole nitrogens is 1. The Morgan fingerprint density at radius 2 is 2.54 bits per heavy atom. The summed E-state index contributed by atoms with van der Waals surface area (Å²) < 4.78 is 0. The van der Waals surface area contributed by atoms with Crippen LogP contribution in [-0.4, -0.2) is 35.7 Å². The summed E-state index contributed by atoms with van der Waals surface area (Å²) >= 11 is 0. The summed E-state index contributed by atoms with van der Waals surface area (Å²) in [6, 6.07) is 2.68. The smallest absolute Gasteiger partial charge is 0.247 e. The van der Waals surface area contributed by atoms with Gasteiger partial charge in [-0.15, -0.1) is 0 Å². The van der Waals surface area contributed by atoms with Crippen LogP contribution in [0.15, 0.2) is 18.3 Å². The van der Waals surface area contributed by atoms with Gasteiger partial charge in [0.1, 0.15) is 11.9 Å². The third-order valence-corrected chi connectivity index (χ3v) is 1.79. The van der Waals surface area contributed by atoms with Crippen molar-refractivity contribution >= 4 is 11.7 Å². The van der Waals surface area contributed by atoms with E-state index in [1.807, 2.05) is 0 Å². The first-order valence-corrected chi connectivity index (χ1v) is 3.94. The van der Waals surface area contributed by atoms with Crippen molar-refractivity contribution in [2.45, 2.75) is 6.04 Å². The zero-order valence-corrected chi connectivity index (χ0v) is 7.40. The lowest BCUT2D eigenvalue weighted by Gasteiger charge is -2.18. The molecule has 0 fully saturated rings. The van der Waals surface area contributed by atoms with Crippen molar-refractivity contribution in [3.05, 3.63) is 18.3 Å². The summed E-state index contributed by atoms with van der Waals surface area (Å²) in [7, 11) is 1.60. The number of nitrogens with zero attached hydrogens (tertiary/aromatic N) is 1. The maximum Gasteiger partial charge on any atom is 0.247 e. The quantitative estimate of drug-likeness (QED) is 0.579. The maximum atomic E-state index is 11.4. The molecule has 1 aromatic rings. The molecule has 1 rings (SSSR count). The number of hydrogen-bond donors (Lipinski definition) is 3. The van der Waals surface area contributed by atoms with Gasteiger partial charge in [-0.1, -0.05) is 0 Å². The molecule has 0 saturated heterocycles. The van der Waals surface area contributed by atoms with Crippen LogP contribution in [0.25, 0.3) is 0 Å². The molecule has 0 aliphatic carbocycles. The molecule has 5 heteroatoms. The SMILES string of the molecule is CN(C(=O)C(N)CO)c1ccc[nH]1. The van der Waals surface area contributed by atoms with Gasteiger partial charge >= 0.3 is 0 Å². The van der Waals surface area contributed by atoms with E-state index in [1.54, 1.807) is 25.4 Å². The first kappa shape index (κ1) is 9.76. The first-order valence-electron chi connectivity index (χ1n) is 3.94. The van der Waals surface area contributed by atoms with Crippen molar-refractivity contribution in [1.29, 1.82) is 0 Å². The normalized spacial score (nSPS) is 12.5. The van der Waals surface area contributed by atoms with E-state index < -0.39 is 6.04 Å². The van der Waals surface area contributed by atoms with Gasteiger partial charge in [-0.05, 0) is 12.1 Å². The number of nitrogens with one attached hydrogen (secondary N) is 1. The average molecular weight is 183 g/mol. The Balaban J connectivity index is 2.68. The number of hydrogen-bond acceptors (Lipinski definition) is 3. The largest absolute Gasteiger partial charge is 0.394 e. The van der Waals surface area contributed by atoms with Gasteiger partial charge in [-0.2, -0.15) is 0 Å². The Kier molecular flexibility index (Phi) is 3.05. The van der Waals surface area contributed by atoms with Crippen LogP contribution in [0.5, 0.6) is 0 Å². The van der Waals surface area contributed by atoms with Crippen LogP contribution < -0.4 is 10.6 Å². The molecule has 13 heavy (non-hydrogen) atoms. The number of rotatable bonds is 3. The minimum absolute atomic E-state index is 0.315. The van der Waals surface area contributed by atoms with Crippen LogP contribution in [-0.2, 0) is 4.79 Å². The maximum absolute atomic E-state index is 11.4. The molecule has 1 aromatic heterocycles. The third-order valence-electron chi connectivity index (χ3n) is 1.79. The van der Waals surface area contributed by atoms with Gasteiger partial charge in [0.25, 0.3) is 0 Å². The number of aliphatic hydroxyl groups excluding tert-OH is 1. The third kappa shape index (κ3) is 2.07. The van der Waals surface area contributed by atoms with E-state index in [0.29, 0.717) is 5.82 Å². The number of nitrogens with two attached hydrogens (primary N) is 1. The Labute approximate surface area is 76.2 Å². The van der Waals surface area contributed by atoms with Crippen LogP contribution in [0, 0.1) is 0 Å². The predicted molar refractivity (Wildman–Crippen MR) is 49.3 cm³/mol. The number of anilines is 1. The molecule has 0 aliphatic heterocycles. The van der Waals surface area contributed by atoms with Gasteiger partial charge in [0.15, 0.2) is 0 Å². The highest BCUT2D eigenvalue weighted by molar-refractivity contribution is 5.95. The van der Waals surface area contributed by atoms with E-state index in [1.165, 1.54) is 4.90 Å². The van der Waals surface area contributed by atoms with Crippen molar-refractivity contribution in [2.24, 2.45) is 5.73 Å². The van der Waals surface area contributed by atoms with E-state index in [2.05, 4.69) is 4.98 Å². The van der Waals surface area contributed by atoms with E-state index in [-0.39, 0.29) is 12.5 Å². The van der Waals surface area contributed by atoms with Crippen LogP contribution in [0.4, 0.5) is 5.82 Å². The Morgan fingerprint density at radius 1 is 1.85 bits per heavy atom. The van der Waals surface area contributed by atoms with E-state index in [9.17, 15) is 4.79 Å². The van der Waals surface area contributed by atoms with Crippen molar-refractivity contribution in [3.63, 3.8) is 0 Å². The minimum Gasteiger partial charge on any atom is -0.394 e. The highest BCUT2D eigenvalue weighted by Gasteiger charge is 2.18. The van der Waals surface area contributed by atoms with Crippen molar-refractivity contribution < 1.29 is 9.90 Å². The monoisotopic (exact) mass is 183 g/mol. The molecule has 0 bridgehead atoms. The topological polar surface area (TPSA) is 82.3 Å². The van der Waals surface area contributed by atoms with Gasteiger partial charge < -0.3 is 20.7 Å². The van der Waals surface area contributed by atoms with E-state index >= 15 is 0 Å². The molecule has 0 aliphatic rings. The number of likely N-dealkylation sites (N-methyl/N-ethyl adjacent to an activating group) is 1. The predicted octanol–water partition coefficient (Wildman–Crippen LogP) is -0.703. The summed E-state index contributed by atoms with van der Waals surface area (Å²) in [5.74, 6) is 0.346. The second-order valence-electron chi connectivity index (χ2n) is 2.74. The molecule has 1 amide bonds. The molecule has 1 unspecified atom stereocenters. The number of carbonyl (C=O) groups is 1. The standard InChI is InChI=1S/C8H13N3O2/c1-11(7-3-2-4-10-7)8(13)6(9)5-12/h2-4,6,10,12H,5,9H2,1H3. The Morgan fingerprint density at radius 3 is 3.00 bits per heavy atom. The summed E-state index contributed by atoms with van der Waals surface area (Å²) in [5, 5.41) is 8.67. The fraction of sp³-hybridized carbons (Fsp3) is 0.375. The highest BCUT2D eigenvalue weighted by atomic mass is 16.3. The van der Waals surface area contributed by atoms with Crippen molar-refractivity contribution in [1.82, 2.24) is 4.98 Å². The van der Waals surface area contributed by atoms with Crippen LogP contribution in [0.1, 0.15) is 0 Å². The molecule has 72 valence electrons. The molecular weight excluding hydrogens is 170 g/mol. The molecule has 0 radical (unpaired) electrons. The minimum atomic E-state index is -0.853. The number of amides is 1. The summed E-state index contributed by atoms with van der Waals surface area (Å²) in [6.45, 7) is -0.343. The van der Waals surface area contributed by atoms with Crippen LogP contribution in [0.2, 0.25) is 0 Å². The second kappa shape index (κ2) is 4.06. The van der Waals surface area contributed by atoms with E-state index in [4.69, 9.17) is 10.8 Å². The summed E-state index contributed by atoms with van der Waals surface area (Å²) in [5.41, 5.74) is 5.37. The molecular formula is C8H13N3O2. The van der Waals surface area contributed by atoms with E-state index in [0.717, 1.165) is 0 Å². The molecule has 5 nitrogen and oxygen atoms in total. The number of aromatic amines is 1. The molecule has 0 spiro atoms. The fourth-order valence-electron chi connectivity index (χ4n) is 0.975. The lowest BCUT2D eigenvalue weighted by molar-refractivity contribution is -0.120. The highest BCUT2D eigenvalue weighted by Crippen LogP contribution is 2.08. The van der Waals surface area contributed by atoms with Gasteiger partial charge in [0.2, 0.25) is 5.91 Å². The first-order chi connectivity index (χ1) is 6.16. The molecule has 4 N–H and O–H groups in total. The van der Waals surface area contributed by atoms with Gasteiger partial charge in [-0.25, -0.2) is 0 Å². The Bertz CT molecular complexity index is 271. The van der Waals surface area contributed by atoms with Crippen LogP contribution in [0.3, 0.4) is 0 Å². The zero-order chi connectivity index (χ0) is 9.84. The summed E-state index contributed by atoms with van der Waals surface area (Å²) in [6.07, 6.45) is 1.71. The number of carbonyl (C=O) groups excluding carboxylic acids is 1. The average Bonchev–Trinajstić information content (AvgIpc) is 2.67. The van der Waals surface area contributed by atoms with Gasteiger partial charge in [-0.3, -0.25) is 4.79 Å². The number of aromatic nitrogens is 1. The lowest BCUT2D eigenvalue weighted by atomic mass is 10.3. The molecule has 0 saturated carbocycles. The lowest BCUT2D eigenvalue weighted by Crippen LogP contribution is -2.44. The summed E-state index contributed by atoms with van der Waals surface area (Å²) in [4.78, 5) is 15.6. The van der Waals surface area contributed by atoms with Crippen molar-refractivity contribution in [3.8, 4) is 0 Å². The zero-order valence-electron chi connectivity index (χ0n) is 7.40. The fourth-order valence-corrected chi connectivity index (χ4v) is 0.975. The molecule has 0 aromatic carbocycles. The number of aliphatic hydroxyl groups is 1. The molecule has 1 atom stereocenters.